The molecule has 3 unspecified atom stereocenters. The van der Waals surface area contributed by atoms with Crippen LogP contribution in [0.2, 0.25) is 0 Å². The maximum Gasteiger partial charge on any atom is 0.325 e. The van der Waals surface area contributed by atoms with E-state index in [0.29, 0.717) is 13.0 Å². The molecule has 0 aromatic heterocycles. The summed E-state index contributed by atoms with van der Waals surface area (Å²) in [5.74, 6) is -13.2. The highest BCUT2D eigenvalue weighted by atomic mass is 32.2. The highest BCUT2D eigenvalue weighted by Crippen LogP contribution is 2.14. The molecule has 0 aliphatic carbocycles. The van der Waals surface area contributed by atoms with Crippen molar-refractivity contribution >= 4 is 135 Å². The molecule has 119 heavy (non-hydrogen) atoms. The zero-order valence-corrected chi connectivity index (χ0v) is 66.5. The van der Waals surface area contributed by atoms with Gasteiger partial charge in [-0.25, -0.2) is 0 Å². The van der Waals surface area contributed by atoms with Crippen LogP contribution in [0.15, 0.2) is 30.3 Å². The van der Waals surface area contributed by atoms with Gasteiger partial charge in [0, 0.05) is 6.54 Å². The Morgan fingerprint density at radius 3 is 1.07 bits per heavy atom. The maximum atomic E-state index is 11.8. The quantitative estimate of drug-likeness (QED) is 0.0164. The molecular weight excluding hydrogens is 1620 g/mol. The molecule has 1 aromatic carbocycles. The number of carboxylic acid groups (broad SMARTS) is 4. The Morgan fingerprint density at radius 1 is 0.445 bits per heavy atom. The van der Waals surface area contributed by atoms with E-state index in [1.54, 1.807) is 14.0 Å². The fourth-order valence-corrected chi connectivity index (χ4v) is 7.06. The van der Waals surface area contributed by atoms with Crippen LogP contribution < -0.4 is 114 Å². The number of rotatable bonds is 45. The number of aliphatic carboxylic acids is 4. The van der Waals surface area contributed by atoms with Crippen LogP contribution in [0.3, 0.4) is 0 Å². The minimum atomic E-state index is -4.08. The number of nitrogens with one attached hydrogen (secondary N) is 15. The van der Waals surface area contributed by atoms with E-state index in [9.17, 15) is 109 Å². The second-order valence-electron chi connectivity index (χ2n) is 22.4. The van der Waals surface area contributed by atoms with E-state index in [1.165, 1.54) is 6.92 Å². The van der Waals surface area contributed by atoms with Gasteiger partial charge >= 0.3 is 41.8 Å². The van der Waals surface area contributed by atoms with Crippen LogP contribution in [-0.4, -0.2) is 375 Å². The summed E-state index contributed by atoms with van der Waals surface area (Å²) in [4.78, 5) is 228. The number of hydrogen-bond donors (Lipinski definition) is 28. The van der Waals surface area contributed by atoms with Gasteiger partial charge in [-0.05, 0) is 59.3 Å². The van der Waals surface area contributed by atoms with Crippen LogP contribution in [0.25, 0.3) is 0 Å². The number of nitrogens with zero attached hydrogens (tertiary/aromatic N) is 1. The number of likely N-dealkylation sites (tertiary alicyclic amines) is 1. The van der Waals surface area contributed by atoms with Gasteiger partial charge in [0.05, 0.1) is 116 Å². The molecule has 1 aliphatic rings. The van der Waals surface area contributed by atoms with Crippen molar-refractivity contribution in [3.63, 3.8) is 0 Å². The third-order valence-electron chi connectivity index (χ3n) is 12.3. The lowest BCUT2D eigenvalue weighted by Crippen LogP contribution is -2.46. The molecule has 14 amide bonds. The van der Waals surface area contributed by atoms with Gasteiger partial charge in [0.15, 0.2) is 0 Å². The van der Waals surface area contributed by atoms with Crippen LogP contribution in [0.4, 0.5) is 0 Å². The summed E-state index contributed by atoms with van der Waals surface area (Å²) in [6, 6.07) is 7.65. The Labute approximate surface area is 680 Å². The molecule has 0 radical (unpaired) electrons. The SMILES string of the molecule is CC(N)C(=O)NCC(=O)NCC(=O)O.CCOC(=O)CNC(=O)CN.CN1CCCC1C(=O)NCC(=O)NCC(=O)O.CNCC(=O)NCC(=O)O.NC(Cc1ccccc1)C(=O)NCC(=O)NCC(=O)OCCO.NCC(=O)NCC(=O)NCC(=O)O.NCC(=O)NCC(=O)NCC(=O)OCCO.NCC(=O)NCC(=O)NCCS(=O)(=O)O. The summed E-state index contributed by atoms with van der Waals surface area (Å²) >= 11 is 0. The van der Waals surface area contributed by atoms with Gasteiger partial charge in [-0.15, -0.1) is 0 Å². The molecular formula is C63H112N22O33S. The third-order valence-corrected chi connectivity index (χ3v) is 13.0. The first-order chi connectivity index (χ1) is 55.8. The minimum absolute atomic E-state index is 0.107. The molecule has 1 aromatic rings. The standard InChI is InChI=1S/C15H21N3O5.C10H17N3O4.C8H15N3O5.C7H13N3O4.C6H13N3O5S.C6H11N3O4.C6H12N2O3.C5H10N2O3/c16-12(8-11-4-2-1-3-5-11)15(22)18-9-13(20)17-10-14(21)23-7-6-19;1-13-4-2-3-7(13)10(17)12-5-8(14)11-6-9(15)16;9-3-6(13)10-4-7(14)11-5-8(15)16-2-1-12;1-4(8)7(14)10-2-5(11)9-3-6(12)13;7-3-5(10)9-4-6(11)8-1-2-15(12,13)14;7-1-4(10)8-2-5(11)9-3-6(12)13;1-2-11-6(10)4-8-5(9)3-7;1-6-2-4(8)7-3-5(9)10/h1-5,12,19H,6-10,16H2,(H,17,20)(H,18,22);7H,2-6H2,1H3,(H,11,14)(H,12,17)(H,15,16);12H,1-5,9H2,(H,10,13)(H,11,14);4H,2-3,8H2,1H3,(H,9,11)(H,10,14)(H,12,13);1-4,7H2,(H,8,11)(H,9,10)(H,12,13,14);1-3,7H2,(H,8,10)(H,9,11)(H,12,13);2-4,7H2,1H3,(H,8,9);6H,2-3H2,1H3,(H,7,8)(H,9,10). The lowest BCUT2D eigenvalue weighted by atomic mass is 10.1. The fraction of sp³-hybridized carbons (Fsp3) is 0.571. The zero-order valence-electron chi connectivity index (χ0n) is 65.7. The van der Waals surface area contributed by atoms with Gasteiger partial charge in [0.25, 0.3) is 10.1 Å². The van der Waals surface area contributed by atoms with Gasteiger partial charge < -0.3 is 159 Å². The van der Waals surface area contributed by atoms with Gasteiger partial charge in [-0.1, -0.05) is 30.3 Å². The predicted octanol–water partition coefficient (Wildman–Crippen LogP) is -17.6. The minimum Gasteiger partial charge on any atom is -0.480 e. The van der Waals surface area contributed by atoms with Gasteiger partial charge in [0.2, 0.25) is 82.7 Å². The van der Waals surface area contributed by atoms with Crippen molar-refractivity contribution in [2.45, 2.75) is 51.2 Å². The van der Waals surface area contributed by atoms with Crippen LogP contribution in [0, 0.1) is 0 Å². The summed E-state index contributed by atoms with van der Waals surface area (Å²) in [6.07, 6.45) is 2.13. The summed E-state index contributed by atoms with van der Waals surface area (Å²) in [5.41, 5.74) is 31.8. The van der Waals surface area contributed by atoms with E-state index in [2.05, 4.69) is 94.0 Å². The number of esters is 3. The number of carbonyl (C=O) groups excluding carboxylic acids is 17. The molecule has 1 saturated heterocycles. The van der Waals surface area contributed by atoms with E-state index in [0.717, 1.165) is 24.9 Å². The predicted molar refractivity (Wildman–Crippen MR) is 409 cm³/mol. The Kier molecular flexibility index (Phi) is 74.7. The largest absolute Gasteiger partial charge is 0.480 e. The highest BCUT2D eigenvalue weighted by molar-refractivity contribution is 7.85. The molecule has 55 nitrogen and oxygen atoms in total. The number of carboxylic acids is 4. The molecule has 3 atom stereocenters. The van der Waals surface area contributed by atoms with Gasteiger partial charge in [-0.2, -0.15) is 8.42 Å². The van der Waals surface area contributed by atoms with Crippen LogP contribution in [0.1, 0.15) is 32.3 Å². The number of benzene rings is 1. The van der Waals surface area contributed by atoms with Gasteiger partial charge in [-0.3, -0.25) is 110 Å². The molecule has 0 spiro atoms. The molecule has 56 heteroatoms. The zero-order chi connectivity index (χ0) is 92.3. The summed E-state index contributed by atoms with van der Waals surface area (Å²) < 4.78 is 42.4. The van der Waals surface area contributed by atoms with E-state index >= 15 is 0 Å². The molecule has 678 valence electrons. The fourth-order valence-electron chi connectivity index (χ4n) is 6.70. The number of nitrogens with two attached hydrogens (primary N) is 6. The van der Waals surface area contributed by atoms with Crippen molar-refractivity contribution in [1.82, 2.24) is 84.7 Å². The summed E-state index contributed by atoms with van der Waals surface area (Å²) in [5, 5.41) is 83.4. The average molecular weight is 1740 g/mol. The summed E-state index contributed by atoms with van der Waals surface area (Å²) in [7, 11) is -0.603. The molecule has 0 saturated carbocycles. The van der Waals surface area contributed by atoms with Crippen molar-refractivity contribution in [2.24, 2.45) is 34.4 Å². The molecule has 34 N–H and O–H groups in total. The second-order valence-corrected chi connectivity index (χ2v) is 24.0. The first kappa shape index (κ1) is 117. The number of aliphatic hydroxyl groups is 2. The van der Waals surface area contributed by atoms with E-state index in [1.807, 2.05) is 42.3 Å². The van der Waals surface area contributed by atoms with Crippen molar-refractivity contribution < 1.29 is 159 Å². The maximum absolute atomic E-state index is 11.8. The van der Waals surface area contributed by atoms with E-state index in [-0.39, 0.29) is 155 Å². The lowest BCUT2D eigenvalue weighted by molar-refractivity contribution is -0.145. The van der Waals surface area contributed by atoms with Gasteiger partial charge in [0.1, 0.15) is 59.0 Å². The number of ether oxygens (including phenoxy) is 3. The molecule has 1 heterocycles. The number of likely N-dealkylation sites (N-methyl/N-ethyl adjacent to an activating group) is 2. The second kappa shape index (κ2) is 75.6. The number of amides is 14. The van der Waals surface area contributed by atoms with E-state index in [4.69, 9.17) is 69.6 Å². The first-order valence-electron chi connectivity index (χ1n) is 34.8. The summed E-state index contributed by atoms with van der Waals surface area (Å²) in [6.45, 7) is -1.17. The Bertz CT molecular complexity index is 3440. The Hall–Kier alpha value is -12.4. The lowest BCUT2D eigenvalue weighted by Gasteiger charge is -2.18. The number of carbonyl (C=O) groups is 21. The molecule has 1 aliphatic heterocycles. The number of hydrogen-bond acceptors (Lipinski definition) is 36. The van der Waals surface area contributed by atoms with Crippen molar-refractivity contribution in [2.75, 3.05) is 184 Å². The normalized spacial score (nSPS) is 11.6. The third kappa shape index (κ3) is 84.8. The molecule has 2 rings (SSSR count). The van der Waals surface area contributed by atoms with E-state index < -0.39 is 154 Å². The van der Waals surface area contributed by atoms with Crippen molar-refractivity contribution in [3.05, 3.63) is 35.9 Å². The monoisotopic (exact) mass is 1740 g/mol. The first-order valence-corrected chi connectivity index (χ1v) is 36.4. The van der Waals surface area contributed by atoms with Crippen LogP contribution in [-0.2, 0) is 131 Å². The van der Waals surface area contributed by atoms with Crippen LogP contribution in [0.5, 0.6) is 0 Å². The molecule has 1 fully saturated rings. The van der Waals surface area contributed by atoms with Crippen molar-refractivity contribution in [1.29, 1.82) is 0 Å². The Balaban J connectivity index is -0.000000310. The van der Waals surface area contributed by atoms with Crippen LogP contribution >= 0.6 is 0 Å². The smallest absolute Gasteiger partial charge is 0.325 e. The topological polar surface area (TPSA) is 902 Å². The Morgan fingerprint density at radius 2 is 0.756 bits per heavy atom. The highest BCUT2D eigenvalue weighted by Gasteiger charge is 2.28. The molecule has 0 bridgehead atoms. The average Bonchev–Trinajstić information content (AvgIpc) is 1.80. The van der Waals surface area contributed by atoms with Crippen molar-refractivity contribution in [3.8, 4) is 0 Å². The number of aliphatic hydroxyl groups excluding tert-OH is 2.